The number of thiazole rings is 1. The van der Waals surface area contributed by atoms with E-state index in [1.54, 1.807) is 6.07 Å². The molecule has 8 heteroatoms. The number of imidazole rings is 1. The molecule has 0 spiro atoms. The number of hydrogen-bond donors (Lipinski definition) is 0. The minimum Gasteiger partial charge on any atom is -0.338 e. The van der Waals surface area contributed by atoms with Crippen LogP contribution in [0.5, 0.6) is 0 Å². The summed E-state index contributed by atoms with van der Waals surface area (Å²) in [6.45, 7) is 1.95. The van der Waals surface area contributed by atoms with Crippen molar-refractivity contribution in [2.24, 2.45) is 5.11 Å². The van der Waals surface area contributed by atoms with Crippen LogP contribution in [0.1, 0.15) is 47.5 Å². The van der Waals surface area contributed by atoms with Gasteiger partial charge in [-0.1, -0.05) is 41.8 Å². The van der Waals surface area contributed by atoms with E-state index >= 15 is 0 Å². The highest BCUT2D eigenvalue weighted by Crippen LogP contribution is 2.31. The number of carbonyl (C=O) groups excluding carboxylic acids is 1. The number of azide groups is 1. The Labute approximate surface area is 154 Å². The lowest BCUT2D eigenvalue weighted by Gasteiger charge is -2.31. The first-order valence-corrected chi connectivity index (χ1v) is 9.65. The number of benzene rings is 1. The van der Waals surface area contributed by atoms with Gasteiger partial charge in [-0.25, -0.2) is 4.98 Å². The van der Waals surface area contributed by atoms with Gasteiger partial charge in [-0.2, -0.15) is 0 Å². The number of fused-ring (bicyclic) bond motifs is 3. The second kappa shape index (κ2) is 6.63. The van der Waals surface area contributed by atoms with Crippen molar-refractivity contribution < 1.29 is 4.79 Å². The van der Waals surface area contributed by atoms with Crippen molar-refractivity contribution in [2.75, 3.05) is 7.05 Å². The number of rotatable bonds is 3. The fraction of sp³-hybridized carbons (Fsp3) is 0.444. The highest BCUT2D eigenvalue weighted by Gasteiger charge is 2.27. The van der Waals surface area contributed by atoms with Gasteiger partial charge in [0.1, 0.15) is 4.88 Å². The van der Waals surface area contributed by atoms with Crippen molar-refractivity contribution in [3.63, 3.8) is 0 Å². The topological polar surface area (TPSA) is 86.4 Å². The Hall–Kier alpha value is -2.57. The third kappa shape index (κ3) is 2.71. The summed E-state index contributed by atoms with van der Waals surface area (Å²) in [6.07, 6.45) is 5.83. The summed E-state index contributed by atoms with van der Waals surface area (Å²) in [5.74, 6) is 0.0734. The molecule has 0 saturated heterocycles. The van der Waals surface area contributed by atoms with Crippen LogP contribution in [0.3, 0.4) is 0 Å². The van der Waals surface area contributed by atoms with Gasteiger partial charge in [0.05, 0.1) is 11.0 Å². The number of nitrogens with zero attached hydrogens (tertiary/aromatic N) is 6. The molecule has 1 aromatic carbocycles. The lowest BCUT2D eigenvalue weighted by atomic mass is 9.94. The Balaban J connectivity index is 1.76. The molecule has 3 aromatic rings. The van der Waals surface area contributed by atoms with Gasteiger partial charge >= 0.3 is 0 Å². The van der Waals surface area contributed by atoms with Crippen molar-refractivity contribution >= 4 is 38.9 Å². The number of aryl methyl sites for hydroxylation is 1. The van der Waals surface area contributed by atoms with Crippen molar-refractivity contribution in [3.8, 4) is 0 Å². The number of amides is 1. The van der Waals surface area contributed by atoms with E-state index < -0.39 is 0 Å². The van der Waals surface area contributed by atoms with Crippen LogP contribution in [-0.4, -0.2) is 33.3 Å². The zero-order chi connectivity index (χ0) is 18.3. The van der Waals surface area contributed by atoms with E-state index in [4.69, 9.17) is 5.53 Å². The van der Waals surface area contributed by atoms with E-state index in [9.17, 15) is 4.79 Å². The molecule has 134 valence electrons. The summed E-state index contributed by atoms with van der Waals surface area (Å²) in [5.41, 5.74) is 11.8. The first-order chi connectivity index (χ1) is 12.6. The van der Waals surface area contributed by atoms with Crippen LogP contribution < -0.4 is 0 Å². The maximum atomic E-state index is 13.1. The molecule has 1 aliphatic rings. The molecule has 0 N–H and O–H groups in total. The molecule has 1 fully saturated rings. The minimum atomic E-state index is 0.0734. The van der Waals surface area contributed by atoms with Gasteiger partial charge in [-0.15, -0.1) is 0 Å². The molecule has 0 bridgehead atoms. The van der Waals surface area contributed by atoms with Crippen molar-refractivity contribution in [1.29, 1.82) is 0 Å². The van der Waals surface area contributed by atoms with Gasteiger partial charge in [0, 0.05) is 29.4 Å². The van der Waals surface area contributed by atoms with E-state index in [0.29, 0.717) is 11.7 Å². The Bertz CT molecular complexity index is 1040. The predicted molar refractivity (Wildman–Crippen MR) is 103 cm³/mol. The Morgan fingerprint density at radius 1 is 1.38 bits per heavy atom. The molecule has 7 nitrogen and oxygen atoms in total. The summed E-state index contributed by atoms with van der Waals surface area (Å²) < 4.78 is 1.98. The van der Waals surface area contributed by atoms with Crippen molar-refractivity contribution in [1.82, 2.24) is 14.3 Å². The monoisotopic (exact) mass is 368 g/mol. The molecule has 26 heavy (non-hydrogen) atoms. The maximum Gasteiger partial charge on any atom is 0.265 e. The molecule has 0 radical (unpaired) electrons. The summed E-state index contributed by atoms with van der Waals surface area (Å²) in [6, 6.07) is 5.73. The van der Waals surface area contributed by atoms with E-state index in [-0.39, 0.29) is 5.91 Å². The highest BCUT2D eigenvalue weighted by atomic mass is 32.1. The van der Waals surface area contributed by atoms with Gasteiger partial charge in [0.2, 0.25) is 0 Å². The smallest absolute Gasteiger partial charge is 0.265 e. The van der Waals surface area contributed by atoms with Crippen LogP contribution in [0.4, 0.5) is 5.69 Å². The summed E-state index contributed by atoms with van der Waals surface area (Å²) in [5, 5.41) is 3.67. The molecule has 0 unspecified atom stereocenters. The third-order valence-electron chi connectivity index (χ3n) is 5.26. The van der Waals surface area contributed by atoms with E-state index in [0.717, 1.165) is 39.4 Å². The summed E-state index contributed by atoms with van der Waals surface area (Å²) in [7, 11) is 1.91. The van der Waals surface area contributed by atoms with Gasteiger partial charge in [-0.05, 0) is 37.4 Å². The molecule has 1 saturated carbocycles. The molecule has 2 aromatic heterocycles. The van der Waals surface area contributed by atoms with Crippen LogP contribution in [0.2, 0.25) is 0 Å². The second-order valence-electron chi connectivity index (χ2n) is 6.82. The SMILES string of the molecule is Cc1c(C(=O)N(C)C2CCCCC2)sc2nc3ccc(N=[N+]=[N-])cc3n12. The van der Waals surface area contributed by atoms with Crippen molar-refractivity contribution in [2.45, 2.75) is 45.1 Å². The normalized spacial score (nSPS) is 15.3. The first kappa shape index (κ1) is 16.9. The molecule has 2 heterocycles. The molecule has 0 aliphatic heterocycles. The third-order valence-corrected chi connectivity index (χ3v) is 6.39. The Morgan fingerprint density at radius 2 is 2.15 bits per heavy atom. The summed E-state index contributed by atoms with van der Waals surface area (Å²) >= 11 is 1.43. The van der Waals surface area contributed by atoms with Crippen LogP contribution in [0, 0.1) is 6.92 Å². The molecule has 1 aliphatic carbocycles. The standard InChI is InChI=1S/C18H20N6OS/c1-11-16(17(25)23(2)13-6-4-3-5-7-13)26-18-20-14-9-8-12(21-22-19)10-15(14)24(11)18/h8-10,13H,3-7H2,1-2H3. The van der Waals surface area contributed by atoms with Gasteiger partial charge in [0.15, 0.2) is 4.96 Å². The van der Waals surface area contributed by atoms with Crippen molar-refractivity contribution in [3.05, 3.63) is 39.2 Å². The first-order valence-electron chi connectivity index (χ1n) is 8.84. The Kier molecular flexibility index (Phi) is 4.30. The van der Waals surface area contributed by atoms with Crippen LogP contribution in [0.15, 0.2) is 23.3 Å². The molecular weight excluding hydrogens is 348 g/mol. The van der Waals surface area contributed by atoms with Gasteiger partial charge < -0.3 is 4.90 Å². The predicted octanol–water partition coefficient (Wildman–Crippen LogP) is 5.20. The lowest BCUT2D eigenvalue weighted by Crippen LogP contribution is -2.38. The van der Waals surface area contributed by atoms with E-state index in [1.807, 2.05) is 35.4 Å². The van der Waals surface area contributed by atoms with Crippen LogP contribution in [0.25, 0.3) is 26.4 Å². The zero-order valence-electron chi connectivity index (χ0n) is 14.8. The lowest BCUT2D eigenvalue weighted by molar-refractivity contribution is 0.0700. The second-order valence-corrected chi connectivity index (χ2v) is 7.79. The quantitative estimate of drug-likeness (QED) is 0.361. The minimum absolute atomic E-state index is 0.0734. The Morgan fingerprint density at radius 3 is 2.88 bits per heavy atom. The average Bonchev–Trinajstić information content (AvgIpc) is 3.18. The maximum absolute atomic E-state index is 13.1. The largest absolute Gasteiger partial charge is 0.338 e. The summed E-state index contributed by atoms with van der Waals surface area (Å²) in [4.78, 5) is 24.0. The molecular formula is C18H20N6OS. The van der Waals surface area contributed by atoms with Gasteiger partial charge in [-0.3, -0.25) is 9.20 Å². The average molecular weight is 368 g/mol. The number of carbonyl (C=O) groups is 1. The van der Waals surface area contributed by atoms with Gasteiger partial charge in [0.25, 0.3) is 5.91 Å². The fourth-order valence-electron chi connectivity index (χ4n) is 3.81. The molecule has 1 amide bonds. The van der Waals surface area contributed by atoms with Crippen LogP contribution >= 0.6 is 11.3 Å². The fourth-order valence-corrected chi connectivity index (χ4v) is 4.93. The molecule has 4 rings (SSSR count). The number of hydrogen-bond acceptors (Lipinski definition) is 4. The zero-order valence-corrected chi connectivity index (χ0v) is 15.7. The van der Waals surface area contributed by atoms with E-state index in [2.05, 4.69) is 15.0 Å². The molecule has 0 atom stereocenters. The highest BCUT2D eigenvalue weighted by molar-refractivity contribution is 7.19. The number of aromatic nitrogens is 2. The van der Waals surface area contributed by atoms with E-state index in [1.165, 1.54) is 30.6 Å². The van der Waals surface area contributed by atoms with Crippen LogP contribution in [-0.2, 0) is 0 Å².